The Morgan fingerprint density at radius 1 is 1.21 bits per heavy atom. The highest BCUT2D eigenvalue weighted by Gasteiger charge is 2.26. The third-order valence-electron chi connectivity index (χ3n) is 2.22. The molecule has 0 fully saturated rings. The molecule has 0 aliphatic heterocycles. The van der Waals surface area contributed by atoms with Gasteiger partial charge in [0.05, 0.1) is 13.0 Å². The number of thioether (sulfide) groups is 1. The molecule has 19 heavy (non-hydrogen) atoms. The molecule has 0 atom stereocenters. The van der Waals surface area contributed by atoms with Crippen LogP contribution in [0.3, 0.4) is 0 Å². The maximum absolute atomic E-state index is 12.0. The van der Waals surface area contributed by atoms with E-state index in [4.69, 9.17) is 0 Å². The summed E-state index contributed by atoms with van der Waals surface area (Å²) in [4.78, 5) is 4.28. The molecule has 0 radical (unpaired) electrons. The van der Waals surface area contributed by atoms with Crippen molar-refractivity contribution in [1.82, 2.24) is 10.6 Å². The summed E-state index contributed by atoms with van der Waals surface area (Å²) in [6.07, 6.45) is -3.01. The van der Waals surface area contributed by atoms with Crippen LogP contribution in [-0.4, -0.2) is 42.8 Å². The van der Waals surface area contributed by atoms with Gasteiger partial charge in [-0.05, 0) is 27.0 Å². The molecular weight excluding hydrogens is 390 g/mol. The summed E-state index contributed by atoms with van der Waals surface area (Å²) in [5.41, 5.74) is 0. The Bertz CT molecular complexity index is 270. The van der Waals surface area contributed by atoms with Crippen molar-refractivity contribution in [3.63, 3.8) is 0 Å². The quantitative estimate of drug-likeness (QED) is 0.399. The van der Waals surface area contributed by atoms with Gasteiger partial charge in [-0.3, -0.25) is 4.99 Å². The molecule has 0 aromatic carbocycles. The average Bonchev–Trinajstić information content (AvgIpc) is 2.24. The lowest BCUT2D eigenvalue weighted by Crippen LogP contribution is -2.39. The normalized spacial score (nSPS) is 12.9. The molecule has 0 rings (SSSR count). The predicted molar refractivity (Wildman–Crippen MR) is 87.7 cm³/mol. The number of halogens is 4. The summed E-state index contributed by atoms with van der Waals surface area (Å²) in [7, 11) is 0. The lowest BCUT2D eigenvalue weighted by molar-refractivity contribution is -0.132. The van der Waals surface area contributed by atoms with Crippen LogP contribution in [0, 0.1) is 0 Å². The first-order chi connectivity index (χ1) is 8.20. The average molecular weight is 413 g/mol. The maximum Gasteiger partial charge on any atom is 0.390 e. The van der Waals surface area contributed by atoms with E-state index in [0.717, 1.165) is 0 Å². The maximum atomic E-state index is 12.0. The first kappa shape index (κ1) is 21.4. The molecule has 116 valence electrons. The van der Waals surface area contributed by atoms with E-state index in [1.165, 1.54) is 0 Å². The molecule has 0 aromatic heterocycles. The standard InChI is InChI=1S/C11H22F3N3S.HI/c1-5-15-9(16-7-6-11(12,13)14)17-8-10(2,3)18-4;/h5-8H2,1-4H3,(H2,15,16,17);1H. The van der Waals surface area contributed by atoms with Gasteiger partial charge < -0.3 is 10.6 Å². The zero-order valence-electron chi connectivity index (χ0n) is 11.7. The highest BCUT2D eigenvalue weighted by molar-refractivity contribution is 14.0. The van der Waals surface area contributed by atoms with Crippen molar-refractivity contribution >= 4 is 41.7 Å². The zero-order chi connectivity index (χ0) is 14.2. The summed E-state index contributed by atoms with van der Waals surface area (Å²) in [6.45, 7) is 6.98. The van der Waals surface area contributed by atoms with Crippen molar-refractivity contribution in [3.05, 3.63) is 0 Å². The van der Waals surface area contributed by atoms with Crippen LogP contribution in [0.4, 0.5) is 13.2 Å². The lowest BCUT2D eigenvalue weighted by atomic mass is 10.2. The van der Waals surface area contributed by atoms with Crippen molar-refractivity contribution in [3.8, 4) is 0 Å². The van der Waals surface area contributed by atoms with Crippen molar-refractivity contribution in [2.24, 2.45) is 4.99 Å². The molecule has 0 heterocycles. The van der Waals surface area contributed by atoms with Crippen LogP contribution >= 0.6 is 35.7 Å². The van der Waals surface area contributed by atoms with Crippen molar-refractivity contribution in [2.75, 3.05) is 25.9 Å². The minimum Gasteiger partial charge on any atom is -0.357 e. The second-order valence-corrected chi connectivity index (χ2v) is 5.96. The SMILES string of the molecule is CCNC(=NCC(C)(C)SC)NCCC(F)(F)F.I. The molecule has 3 nitrogen and oxygen atoms in total. The van der Waals surface area contributed by atoms with Crippen LogP contribution in [0.1, 0.15) is 27.2 Å². The van der Waals surface area contributed by atoms with Gasteiger partial charge in [0.2, 0.25) is 0 Å². The number of rotatable bonds is 6. The summed E-state index contributed by atoms with van der Waals surface area (Å²) in [5, 5.41) is 5.61. The van der Waals surface area contributed by atoms with Gasteiger partial charge in [0.1, 0.15) is 0 Å². The van der Waals surface area contributed by atoms with Gasteiger partial charge in [-0.1, -0.05) is 0 Å². The number of aliphatic imine (C=N–C) groups is 1. The van der Waals surface area contributed by atoms with Crippen molar-refractivity contribution in [1.29, 1.82) is 0 Å². The number of hydrogen-bond donors (Lipinski definition) is 2. The minimum atomic E-state index is -4.14. The molecule has 8 heteroatoms. The van der Waals surface area contributed by atoms with E-state index in [-0.39, 0.29) is 35.3 Å². The van der Waals surface area contributed by atoms with Crippen LogP contribution in [0.5, 0.6) is 0 Å². The topological polar surface area (TPSA) is 36.4 Å². The van der Waals surface area contributed by atoms with E-state index in [1.54, 1.807) is 11.8 Å². The zero-order valence-corrected chi connectivity index (χ0v) is 14.9. The monoisotopic (exact) mass is 413 g/mol. The van der Waals surface area contributed by atoms with Gasteiger partial charge in [0, 0.05) is 17.8 Å². The van der Waals surface area contributed by atoms with Gasteiger partial charge in [-0.15, -0.1) is 24.0 Å². The van der Waals surface area contributed by atoms with E-state index in [9.17, 15) is 13.2 Å². The third kappa shape index (κ3) is 12.9. The molecule has 0 saturated heterocycles. The summed E-state index contributed by atoms with van der Waals surface area (Å²) >= 11 is 1.67. The minimum absolute atomic E-state index is 0. The highest BCUT2D eigenvalue weighted by atomic mass is 127. The molecule has 2 N–H and O–H groups in total. The summed E-state index contributed by atoms with van der Waals surface area (Å²) < 4.78 is 36.0. The highest BCUT2D eigenvalue weighted by Crippen LogP contribution is 2.21. The lowest BCUT2D eigenvalue weighted by Gasteiger charge is -2.20. The molecular formula is C11H23F3IN3S. The summed E-state index contributed by atoms with van der Waals surface area (Å²) in [6, 6.07) is 0. The number of nitrogens with one attached hydrogen (secondary N) is 2. The number of hydrogen-bond acceptors (Lipinski definition) is 2. The van der Waals surface area contributed by atoms with Gasteiger partial charge in [0.15, 0.2) is 5.96 Å². The molecule has 0 bridgehead atoms. The summed E-state index contributed by atoms with van der Waals surface area (Å²) in [5.74, 6) is 0.434. The van der Waals surface area contributed by atoms with Crippen LogP contribution in [0.2, 0.25) is 0 Å². The smallest absolute Gasteiger partial charge is 0.357 e. The van der Waals surface area contributed by atoms with Crippen LogP contribution < -0.4 is 10.6 Å². The largest absolute Gasteiger partial charge is 0.390 e. The van der Waals surface area contributed by atoms with E-state index >= 15 is 0 Å². The number of nitrogens with zero attached hydrogens (tertiary/aromatic N) is 1. The Morgan fingerprint density at radius 3 is 2.21 bits per heavy atom. The second kappa shape index (κ2) is 9.95. The van der Waals surface area contributed by atoms with E-state index in [0.29, 0.717) is 19.0 Å². The number of alkyl halides is 3. The van der Waals surface area contributed by atoms with Crippen LogP contribution in [0.15, 0.2) is 4.99 Å². The fourth-order valence-corrected chi connectivity index (χ4v) is 1.19. The Balaban J connectivity index is 0. The predicted octanol–water partition coefficient (Wildman–Crippen LogP) is 3.25. The fourth-order valence-electron chi connectivity index (χ4n) is 0.998. The molecule has 0 aromatic rings. The van der Waals surface area contributed by atoms with E-state index in [1.807, 2.05) is 27.0 Å². The Hall–Kier alpha value is 0.140. The third-order valence-corrected chi connectivity index (χ3v) is 3.45. The van der Waals surface area contributed by atoms with Gasteiger partial charge in [-0.2, -0.15) is 24.9 Å². The molecule has 0 saturated carbocycles. The van der Waals surface area contributed by atoms with E-state index in [2.05, 4.69) is 15.6 Å². The Kier molecular flexibility index (Phi) is 11.2. The first-order valence-corrected chi connectivity index (χ1v) is 7.07. The van der Waals surface area contributed by atoms with Crippen LogP contribution in [-0.2, 0) is 0 Å². The van der Waals surface area contributed by atoms with E-state index < -0.39 is 12.6 Å². The molecule has 0 aliphatic carbocycles. The fraction of sp³-hybridized carbons (Fsp3) is 0.909. The van der Waals surface area contributed by atoms with Gasteiger partial charge in [0.25, 0.3) is 0 Å². The molecule has 0 aliphatic rings. The van der Waals surface area contributed by atoms with Crippen molar-refractivity contribution < 1.29 is 13.2 Å². The van der Waals surface area contributed by atoms with Gasteiger partial charge >= 0.3 is 6.18 Å². The Labute approximate surface area is 134 Å². The van der Waals surface area contributed by atoms with Crippen LogP contribution in [0.25, 0.3) is 0 Å². The Morgan fingerprint density at radius 2 is 1.79 bits per heavy atom. The second-order valence-electron chi connectivity index (χ2n) is 4.45. The molecule has 0 spiro atoms. The first-order valence-electron chi connectivity index (χ1n) is 5.84. The van der Waals surface area contributed by atoms with Crippen molar-refractivity contribution in [2.45, 2.75) is 38.1 Å². The van der Waals surface area contributed by atoms with Gasteiger partial charge in [-0.25, -0.2) is 0 Å². The molecule has 0 amide bonds. The number of guanidine groups is 1. The molecule has 0 unspecified atom stereocenters.